The van der Waals surface area contributed by atoms with Crippen LogP contribution >= 0.6 is 0 Å². The molecule has 1 aliphatic heterocycles. The van der Waals surface area contributed by atoms with E-state index in [1.54, 1.807) is 6.92 Å². The van der Waals surface area contributed by atoms with Crippen molar-refractivity contribution in [2.24, 2.45) is 0 Å². The molecule has 1 fully saturated rings. The van der Waals surface area contributed by atoms with Crippen molar-refractivity contribution in [3.05, 3.63) is 83.9 Å². The van der Waals surface area contributed by atoms with E-state index < -0.39 is 5.41 Å². The van der Waals surface area contributed by atoms with Gasteiger partial charge < -0.3 is 10.2 Å². The van der Waals surface area contributed by atoms with Crippen LogP contribution in [0.4, 0.5) is 0 Å². The first-order chi connectivity index (χ1) is 14.5. The summed E-state index contributed by atoms with van der Waals surface area (Å²) in [4.78, 5) is 27.3. The van der Waals surface area contributed by atoms with Crippen LogP contribution in [0.3, 0.4) is 0 Å². The van der Waals surface area contributed by atoms with Gasteiger partial charge in [-0.1, -0.05) is 66.7 Å². The number of benzene rings is 3. The zero-order chi connectivity index (χ0) is 21.1. The van der Waals surface area contributed by atoms with E-state index in [-0.39, 0.29) is 17.9 Å². The van der Waals surface area contributed by atoms with E-state index in [1.807, 2.05) is 54.3 Å². The number of hydrogen-bond acceptors (Lipinski definition) is 2. The second kappa shape index (κ2) is 8.31. The molecule has 30 heavy (non-hydrogen) atoms. The predicted octanol–water partition coefficient (Wildman–Crippen LogP) is 4.60. The number of rotatable bonds is 4. The minimum Gasteiger partial charge on any atom is -0.349 e. The van der Waals surface area contributed by atoms with E-state index in [2.05, 4.69) is 35.6 Å². The number of carbonyl (C=O) groups is 2. The number of fused-ring (bicyclic) bond motifs is 1. The van der Waals surface area contributed by atoms with Crippen molar-refractivity contribution >= 4 is 22.6 Å². The van der Waals surface area contributed by atoms with Gasteiger partial charge in [0.1, 0.15) is 0 Å². The van der Waals surface area contributed by atoms with Crippen LogP contribution < -0.4 is 5.32 Å². The lowest BCUT2D eigenvalue weighted by Gasteiger charge is -2.41. The SMILES string of the molecule is CC(=O)N1CCC(C(=O)NC(C)c2ccc3ccccc3c2)(c2ccccc2)CC1. The van der Waals surface area contributed by atoms with Gasteiger partial charge in [-0.2, -0.15) is 0 Å². The van der Waals surface area contributed by atoms with E-state index in [0.717, 1.165) is 11.1 Å². The molecule has 0 bridgehead atoms. The van der Waals surface area contributed by atoms with Crippen molar-refractivity contribution in [1.29, 1.82) is 0 Å². The third-order valence-corrected chi connectivity index (χ3v) is 6.44. The van der Waals surface area contributed by atoms with Gasteiger partial charge in [0, 0.05) is 20.0 Å². The molecule has 0 aromatic heterocycles. The largest absolute Gasteiger partial charge is 0.349 e. The van der Waals surface area contributed by atoms with Crippen LogP contribution in [-0.4, -0.2) is 29.8 Å². The molecule has 1 aliphatic rings. The maximum atomic E-state index is 13.6. The fourth-order valence-electron chi connectivity index (χ4n) is 4.50. The van der Waals surface area contributed by atoms with Crippen molar-refractivity contribution in [1.82, 2.24) is 10.2 Å². The molecule has 0 saturated carbocycles. The summed E-state index contributed by atoms with van der Waals surface area (Å²) in [6.45, 7) is 4.83. The predicted molar refractivity (Wildman–Crippen MR) is 120 cm³/mol. The Morgan fingerprint density at radius 1 is 0.900 bits per heavy atom. The first kappa shape index (κ1) is 20.1. The summed E-state index contributed by atoms with van der Waals surface area (Å²) < 4.78 is 0. The van der Waals surface area contributed by atoms with Gasteiger partial charge in [-0.15, -0.1) is 0 Å². The van der Waals surface area contributed by atoms with Gasteiger partial charge in [0.15, 0.2) is 0 Å². The number of nitrogens with zero attached hydrogens (tertiary/aromatic N) is 1. The highest BCUT2D eigenvalue weighted by Gasteiger charge is 2.43. The Morgan fingerprint density at radius 2 is 1.53 bits per heavy atom. The van der Waals surface area contributed by atoms with Crippen LogP contribution in [0.1, 0.15) is 43.9 Å². The van der Waals surface area contributed by atoms with Crippen LogP contribution in [0.15, 0.2) is 72.8 Å². The summed E-state index contributed by atoms with van der Waals surface area (Å²) in [5.74, 6) is 0.110. The maximum absolute atomic E-state index is 13.6. The zero-order valence-corrected chi connectivity index (χ0v) is 17.6. The standard InChI is InChI=1S/C26H28N2O2/c1-19(22-13-12-21-8-6-7-9-23(21)18-22)27-25(30)26(24-10-4-3-5-11-24)14-16-28(17-15-26)20(2)29/h3-13,18-19H,14-17H2,1-2H3,(H,27,30). The summed E-state index contributed by atoms with van der Waals surface area (Å²) in [6, 6.07) is 24.5. The number of carbonyl (C=O) groups excluding carboxylic acids is 2. The number of amides is 2. The van der Waals surface area contributed by atoms with Gasteiger partial charge in [-0.05, 0) is 47.7 Å². The minimum absolute atomic E-state index is 0.0394. The maximum Gasteiger partial charge on any atom is 0.231 e. The molecule has 1 atom stereocenters. The lowest BCUT2D eigenvalue weighted by Crippen LogP contribution is -2.52. The highest BCUT2D eigenvalue weighted by molar-refractivity contribution is 5.89. The molecular formula is C26H28N2O2. The number of piperidine rings is 1. The van der Waals surface area contributed by atoms with Gasteiger partial charge >= 0.3 is 0 Å². The first-order valence-corrected chi connectivity index (χ1v) is 10.6. The van der Waals surface area contributed by atoms with Crippen molar-refractivity contribution in [3.8, 4) is 0 Å². The van der Waals surface area contributed by atoms with Gasteiger partial charge in [0.05, 0.1) is 11.5 Å². The van der Waals surface area contributed by atoms with Crippen molar-refractivity contribution in [2.45, 2.75) is 38.1 Å². The first-order valence-electron chi connectivity index (χ1n) is 10.6. The van der Waals surface area contributed by atoms with Gasteiger partial charge in [0.2, 0.25) is 11.8 Å². The lowest BCUT2D eigenvalue weighted by atomic mass is 9.71. The van der Waals surface area contributed by atoms with Crippen molar-refractivity contribution in [3.63, 3.8) is 0 Å². The molecule has 4 rings (SSSR count). The van der Waals surface area contributed by atoms with E-state index >= 15 is 0 Å². The molecule has 0 aliphatic carbocycles. The van der Waals surface area contributed by atoms with Crippen molar-refractivity contribution in [2.75, 3.05) is 13.1 Å². The molecule has 1 N–H and O–H groups in total. The molecule has 4 nitrogen and oxygen atoms in total. The number of nitrogens with one attached hydrogen (secondary N) is 1. The van der Waals surface area contributed by atoms with Crippen LogP contribution in [0, 0.1) is 0 Å². The number of hydrogen-bond donors (Lipinski definition) is 1. The average Bonchev–Trinajstić information content (AvgIpc) is 2.79. The summed E-state index contributed by atoms with van der Waals surface area (Å²) in [5.41, 5.74) is 1.50. The Balaban J connectivity index is 1.59. The molecule has 0 spiro atoms. The lowest BCUT2D eigenvalue weighted by molar-refractivity contribution is -0.135. The third-order valence-electron chi connectivity index (χ3n) is 6.44. The molecule has 3 aromatic rings. The summed E-state index contributed by atoms with van der Waals surface area (Å²) >= 11 is 0. The summed E-state index contributed by atoms with van der Waals surface area (Å²) in [7, 11) is 0. The fourth-order valence-corrected chi connectivity index (χ4v) is 4.50. The molecular weight excluding hydrogens is 372 g/mol. The Kier molecular flexibility index (Phi) is 5.58. The highest BCUT2D eigenvalue weighted by atomic mass is 16.2. The van der Waals surface area contributed by atoms with Gasteiger partial charge in [-0.25, -0.2) is 0 Å². The molecule has 154 valence electrons. The minimum atomic E-state index is -0.613. The zero-order valence-electron chi connectivity index (χ0n) is 17.6. The highest BCUT2D eigenvalue weighted by Crippen LogP contribution is 2.36. The van der Waals surface area contributed by atoms with E-state index in [4.69, 9.17) is 0 Å². The van der Waals surface area contributed by atoms with E-state index in [9.17, 15) is 9.59 Å². The topological polar surface area (TPSA) is 49.4 Å². The second-order valence-electron chi connectivity index (χ2n) is 8.26. The van der Waals surface area contributed by atoms with Crippen LogP contribution in [-0.2, 0) is 15.0 Å². The smallest absolute Gasteiger partial charge is 0.231 e. The van der Waals surface area contributed by atoms with E-state index in [0.29, 0.717) is 25.9 Å². The molecule has 1 unspecified atom stereocenters. The second-order valence-corrected chi connectivity index (χ2v) is 8.26. The summed E-state index contributed by atoms with van der Waals surface area (Å²) in [5, 5.41) is 5.63. The molecule has 4 heteroatoms. The van der Waals surface area contributed by atoms with Gasteiger partial charge in [-0.3, -0.25) is 9.59 Å². The number of likely N-dealkylation sites (tertiary alicyclic amines) is 1. The van der Waals surface area contributed by atoms with Crippen molar-refractivity contribution < 1.29 is 9.59 Å². The van der Waals surface area contributed by atoms with E-state index in [1.165, 1.54) is 10.8 Å². The quantitative estimate of drug-likeness (QED) is 0.696. The normalized spacial score (nSPS) is 16.8. The van der Waals surface area contributed by atoms with Crippen LogP contribution in [0.25, 0.3) is 10.8 Å². The monoisotopic (exact) mass is 400 g/mol. The fraction of sp³-hybridized carbons (Fsp3) is 0.308. The van der Waals surface area contributed by atoms with Gasteiger partial charge in [0.25, 0.3) is 0 Å². The Labute approximate surface area is 177 Å². The molecule has 3 aromatic carbocycles. The Hall–Kier alpha value is -3.14. The molecule has 2 amide bonds. The average molecular weight is 401 g/mol. The Bertz CT molecular complexity index is 1050. The molecule has 0 radical (unpaired) electrons. The molecule has 1 saturated heterocycles. The van der Waals surface area contributed by atoms with Crippen LogP contribution in [0.2, 0.25) is 0 Å². The third kappa shape index (κ3) is 3.82. The van der Waals surface area contributed by atoms with Crippen LogP contribution in [0.5, 0.6) is 0 Å². The Morgan fingerprint density at radius 3 is 2.20 bits per heavy atom. The molecule has 1 heterocycles. The summed E-state index contributed by atoms with van der Waals surface area (Å²) in [6.07, 6.45) is 1.26.